The van der Waals surface area contributed by atoms with Crippen molar-refractivity contribution in [1.29, 1.82) is 0 Å². The fourth-order valence-electron chi connectivity index (χ4n) is 2.26. The van der Waals surface area contributed by atoms with Crippen LogP contribution in [-0.2, 0) is 4.79 Å². The highest BCUT2D eigenvalue weighted by Gasteiger charge is 2.20. The zero-order valence-corrected chi connectivity index (χ0v) is 11.9. The number of likely N-dealkylation sites (N-methyl/N-ethyl adjacent to an activating group) is 1. The van der Waals surface area contributed by atoms with Crippen LogP contribution in [0.4, 0.5) is 0 Å². The molecule has 4 heteroatoms. The Balaban J connectivity index is 1.94. The van der Waals surface area contributed by atoms with Crippen LogP contribution < -0.4 is 5.32 Å². The highest BCUT2D eigenvalue weighted by molar-refractivity contribution is 6.30. The van der Waals surface area contributed by atoms with E-state index in [0.29, 0.717) is 11.1 Å². The molecular weight excluding hydrogens is 260 g/mol. The van der Waals surface area contributed by atoms with Crippen LogP contribution in [-0.4, -0.2) is 37.0 Å². The molecule has 1 aliphatic rings. The first-order valence-corrected chi connectivity index (χ1v) is 6.96. The number of likely N-dealkylation sites (tertiary alicyclic amines) is 1. The Bertz CT molecular complexity index is 456. The first-order valence-electron chi connectivity index (χ1n) is 6.59. The lowest BCUT2D eigenvalue weighted by atomic mass is 10.1. The average molecular weight is 279 g/mol. The molecule has 19 heavy (non-hydrogen) atoms. The van der Waals surface area contributed by atoms with Gasteiger partial charge in [0.25, 0.3) is 0 Å². The molecule has 0 aliphatic carbocycles. The van der Waals surface area contributed by atoms with Crippen molar-refractivity contribution in [2.24, 2.45) is 0 Å². The van der Waals surface area contributed by atoms with Gasteiger partial charge in [0, 0.05) is 30.2 Å². The van der Waals surface area contributed by atoms with Gasteiger partial charge < -0.3 is 10.2 Å². The van der Waals surface area contributed by atoms with Crippen molar-refractivity contribution in [3.8, 4) is 0 Å². The minimum atomic E-state index is 0.0786. The molecule has 0 unspecified atom stereocenters. The standard InChI is InChI=1S/C15H19ClN2O/c1-17-14-3-2-10-18(11-14)15(19)9-6-12-4-7-13(16)8-5-12/h4-9,14,17H,2-3,10-11H2,1H3/b9-6+/t14-/m0/s1. The van der Waals surface area contributed by atoms with E-state index >= 15 is 0 Å². The lowest BCUT2D eigenvalue weighted by Gasteiger charge is -2.31. The Morgan fingerprint density at radius 3 is 2.84 bits per heavy atom. The van der Waals surface area contributed by atoms with Gasteiger partial charge in [0.1, 0.15) is 0 Å². The molecule has 1 amide bonds. The minimum Gasteiger partial charge on any atom is -0.338 e. The molecule has 1 heterocycles. The monoisotopic (exact) mass is 278 g/mol. The van der Waals surface area contributed by atoms with E-state index in [1.165, 1.54) is 0 Å². The number of hydrogen-bond donors (Lipinski definition) is 1. The summed E-state index contributed by atoms with van der Waals surface area (Å²) >= 11 is 5.82. The molecule has 1 atom stereocenters. The second-order valence-electron chi connectivity index (χ2n) is 4.80. The molecule has 3 nitrogen and oxygen atoms in total. The van der Waals surface area contributed by atoms with Crippen molar-refractivity contribution in [2.45, 2.75) is 18.9 Å². The van der Waals surface area contributed by atoms with Gasteiger partial charge in [-0.1, -0.05) is 23.7 Å². The fourth-order valence-corrected chi connectivity index (χ4v) is 2.39. The number of carbonyl (C=O) groups excluding carboxylic acids is 1. The summed E-state index contributed by atoms with van der Waals surface area (Å²) in [5.41, 5.74) is 0.986. The van der Waals surface area contributed by atoms with Crippen LogP contribution in [0.1, 0.15) is 18.4 Å². The van der Waals surface area contributed by atoms with E-state index in [0.717, 1.165) is 31.5 Å². The molecule has 1 aromatic carbocycles. The van der Waals surface area contributed by atoms with Gasteiger partial charge in [-0.2, -0.15) is 0 Å². The maximum atomic E-state index is 12.1. The molecule has 102 valence electrons. The second kappa shape index (κ2) is 6.73. The number of nitrogens with one attached hydrogen (secondary N) is 1. The zero-order valence-electron chi connectivity index (χ0n) is 11.1. The molecule has 1 aromatic rings. The van der Waals surface area contributed by atoms with Crippen molar-refractivity contribution in [3.63, 3.8) is 0 Å². The topological polar surface area (TPSA) is 32.3 Å². The third kappa shape index (κ3) is 4.08. The third-order valence-electron chi connectivity index (χ3n) is 3.43. The molecule has 0 aromatic heterocycles. The molecule has 1 N–H and O–H groups in total. The van der Waals surface area contributed by atoms with E-state index in [9.17, 15) is 4.79 Å². The quantitative estimate of drug-likeness (QED) is 0.862. The highest BCUT2D eigenvalue weighted by atomic mass is 35.5. The summed E-state index contributed by atoms with van der Waals surface area (Å²) in [6.07, 6.45) is 5.68. The number of rotatable bonds is 3. The Morgan fingerprint density at radius 1 is 1.42 bits per heavy atom. The smallest absolute Gasteiger partial charge is 0.246 e. The van der Waals surface area contributed by atoms with Crippen molar-refractivity contribution in [1.82, 2.24) is 10.2 Å². The van der Waals surface area contributed by atoms with Crippen LogP contribution in [0.3, 0.4) is 0 Å². The van der Waals surface area contributed by atoms with Gasteiger partial charge >= 0.3 is 0 Å². The van der Waals surface area contributed by atoms with E-state index in [1.54, 1.807) is 6.08 Å². The van der Waals surface area contributed by atoms with Gasteiger partial charge in [-0.05, 0) is 43.7 Å². The van der Waals surface area contributed by atoms with Crippen molar-refractivity contribution in [3.05, 3.63) is 40.9 Å². The summed E-state index contributed by atoms with van der Waals surface area (Å²) in [6.45, 7) is 1.64. The maximum Gasteiger partial charge on any atom is 0.246 e. The van der Waals surface area contributed by atoms with Crippen LogP contribution >= 0.6 is 11.6 Å². The number of amides is 1. The minimum absolute atomic E-state index is 0.0786. The first-order chi connectivity index (χ1) is 9.19. The summed E-state index contributed by atoms with van der Waals surface area (Å²) in [7, 11) is 1.95. The Labute approximate surface area is 119 Å². The first kappa shape index (κ1) is 14.1. The SMILES string of the molecule is CN[C@H]1CCCN(C(=O)/C=C/c2ccc(Cl)cc2)C1. The second-order valence-corrected chi connectivity index (χ2v) is 5.23. The summed E-state index contributed by atoms with van der Waals surface area (Å²) in [6, 6.07) is 7.87. The number of nitrogens with zero attached hydrogens (tertiary/aromatic N) is 1. The molecule has 1 aliphatic heterocycles. The van der Waals surface area contributed by atoms with E-state index in [-0.39, 0.29) is 5.91 Å². The Hall–Kier alpha value is -1.32. The zero-order chi connectivity index (χ0) is 13.7. The molecule has 1 saturated heterocycles. The average Bonchev–Trinajstić information content (AvgIpc) is 2.46. The van der Waals surface area contributed by atoms with Crippen LogP contribution in [0.5, 0.6) is 0 Å². The van der Waals surface area contributed by atoms with Crippen molar-refractivity contribution >= 4 is 23.6 Å². The maximum absolute atomic E-state index is 12.1. The van der Waals surface area contributed by atoms with E-state index in [4.69, 9.17) is 11.6 Å². The summed E-state index contributed by atoms with van der Waals surface area (Å²) < 4.78 is 0. The van der Waals surface area contributed by atoms with E-state index < -0.39 is 0 Å². The molecular formula is C15H19ClN2O. The molecule has 0 spiro atoms. The molecule has 2 rings (SSSR count). The number of halogens is 1. The predicted octanol–water partition coefficient (Wildman–Crippen LogP) is 2.56. The van der Waals surface area contributed by atoms with Gasteiger partial charge in [-0.25, -0.2) is 0 Å². The predicted molar refractivity (Wildman–Crippen MR) is 79.1 cm³/mol. The Morgan fingerprint density at radius 2 is 2.16 bits per heavy atom. The van der Waals surface area contributed by atoms with Gasteiger partial charge in [-0.15, -0.1) is 0 Å². The molecule has 0 bridgehead atoms. The van der Waals surface area contributed by atoms with Gasteiger partial charge in [-0.3, -0.25) is 4.79 Å². The van der Waals surface area contributed by atoms with E-state index in [1.807, 2.05) is 42.3 Å². The Kier molecular flexibility index (Phi) is 5.00. The van der Waals surface area contributed by atoms with Crippen molar-refractivity contribution < 1.29 is 4.79 Å². The lowest BCUT2D eigenvalue weighted by Crippen LogP contribution is -2.46. The number of piperidine rings is 1. The highest BCUT2D eigenvalue weighted by Crippen LogP contribution is 2.13. The number of carbonyl (C=O) groups is 1. The fraction of sp³-hybridized carbons (Fsp3) is 0.400. The van der Waals surface area contributed by atoms with Crippen LogP contribution in [0.15, 0.2) is 30.3 Å². The lowest BCUT2D eigenvalue weighted by molar-refractivity contribution is -0.127. The van der Waals surface area contributed by atoms with Crippen LogP contribution in [0, 0.1) is 0 Å². The van der Waals surface area contributed by atoms with Gasteiger partial charge in [0.2, 0.25) is 5.91 Å². The molecule has 0 saturated carbocycles. The third-order valence-corrected chi connectivity index (χ3v) is 3.68. The van der Waals surface area contributed by atoms with Crippen molar-refractivity contribution in [2.75, 3.05) is 20.1 Å². The summed E-state index contributed by atoms with van der Waals surface area (Å²) in [4.78, 5) is 14.0. The van der Waals surface area contributed by atoms with Crippen LogP contribution in [0.2, 0.25) is 5.02 Å². The van der Waals surface area contributed by atoms with Crippen LogP contribution in [0.25, 0.3) is 6.08 Å². The van der Waals surface area contributed by atoms with Gasteiger partial charge in [0.05, 0.1) is 0 Å². The number of benzene rings is 1. The van der Waals surface area contributed by atoms with Gasteiger partial charge in [0.15, 0.2) is 0 Å². The summed E-state index contributed by atoms with van der Waals surface area (Å²) in [5.74, 6) is 0.0786. The molecule has 0 radical (unpaired) electrons. The molecule has 1 fully saturated rings. The number of hydrogen-bond acceptors (Lipinski definition) is 2. The largest absolute Gasteiger partial charge is 0.338 e. The normalized spacial score (nSPS) is 19.9. The van der Waals surface area contributed by atoms with E-state index in [2.05, 4.69) is 5.32 Å². The summed E-state index contributed by atoms with van der Waals surface area (Å²) in [5, 5.41) is 3.94.